The molecule has 0 spiro atoms. The van der Waals surface area contributed by atoms with E-state index in [0.29, 0.717) is 6.04 Å². The molecule has 124 valence electrons. The van der Waals surface area contributed by atoms with Gasteiger partial charge in [0, 0.05) is 17.4 Å². The molecular weight excluding hydrogens is 298 g/mol. The molecule has 0 saturated heterocycles. The minimum Gasteiger partial charge on any atom is -0.382 e. The van der Waals surface area contributed by atoms with Crippen molar-refractivity contribution in [2.75, 3.05) is 10.6 Å². The predicted octanol–water partition coefficient (Wildman–Crippen LogP) is 3.77. The number of hydrogen-bond donors (Lipinski definition) is 3. The van der Waals surface area contributed by atoms with Crippen molar-refractivity contribution >= 4 is 29.7 Å². The third-order valence-electron chi connectivity index (χ3n) is 4.42. The van der Waals surface area contributed by atoms with Crippen molar-refractivity contribution in [1.82, 2.24) is 0 Å². The van der Waals surface area contributed by atoms with Crippen LogP contribution in [0.15, 0.2) is 24.3 Å². The van der Waals surface area contributed by atoms with Gasteiger partial charge in [0.15, 0.2) is 0 Å². The van der Waals surface area contributed by atoms with Gasteiger partial charge in [0.25, 0.3) is 0 Å². The highest BCUT2D eigenvalue weighted by Crippen LogP contribution is 2.24. The first kappa shape index (κ1) is 18.8. The van der Waals surface area contributed by atoms with Crippen LogP contribution in [0.2, 0.25) is 0 Å². The number of carbonyl (C=O) groups is 1. The molecule has 2 rings (SSSR count). The zero-order valence-electron chi connectivity index (χ0n) is 13.5. The lowest BCUT2D eigenvalue weighted by molar-refractivity contribution is -0.118. The summed E-state index contributed by atoms with van der Waals surface area (Å²) in [5.74, 6) is 0.0761. The summed E-state index contributed by atoms with van der Waals surface area (Å²) in [6.07, 6.45) is 5.97. The van der Waals surface area contributed by atoms with Crippen LogP contribution in [0.1, 0.15) is 46.0 Å². The molecule has 1 saturated carbocycles. The normalized spacial score (nSPS) is 17.4. The van der Waals surface area contributed by atoms with Crippen LogP contribution >= 0.6 is 12.4 Å². The topological polar surface area (TPSA) is 67.2 Å². The fourth-order valence-corrected chi connectivity index (χ4v) is 2.73. The molecule has 5 heteroatoms. The summed E-state index contributed by atoms with van der Waals surface area (Å²) in [5.41, 5.74) is 7.84. The Balaban J connectivity index is 0.00000242. The molecule has 1 aromatic carbocycles. The van der Waals surface area contributed by atoms with Gasteiger partial charge in [-0.25, -0.2) is 0 Å². The van der Waals surface area contributed by atoms with Crippen LogP contribution < -0.4 is 16.4 Å². The fraction of sp³-hybridized carbons (Fsp3) is 0.588. The first-order valence-electron chi connectivity index (χ1n) is 8.03. The lowest BCUT2D eigenvalue weighted by atomic mass is 9.99. The summed E-state index contributed by atoms with van der Waals surface area (Å²) in [7, 11) is 0. The third-order valence-corrected chi connectivity index (χ3v) is 4.42. The number of nitrogens with one attached hydrogen (secondary N) is 2. The number of anilines is 2. The molecule has 2 unspecified atom stereocenters. The number of benzene rings is 1. The standard InChI is InChI=1S/C17H27N3O.ClH/c1-3-12(2)16(18)17(21)20-15-10-6-9-14(11-15)19-13-7-4-5-8-13;/h6,9-13,16,19H,3-5,7-8,18H2,1-2H3,(H,20,21);1H. The Bertz CT molecular complexity index is 475. The Morgan fingerprint density at radius 3 is 2.59 bits per heavy atom. The maximum atomic E-state index is 12.1. The number of rotatable bonds is 6. The molecule has 4 nitrogen and oxygen atoms in total. The molecule has 1 aliphatic carbocycles. The molecule has 0 aromatic heterocycles. The Hall–Kier alpha value is -1.26. The highest BCUT2D eigenvalue weighted by atomic mass is 35.5. The summed E-state index contributed by atoms with van der Waals surface area (Å²) in [5, 5.41) is 6.45. The van der Waals surface area contributed by atoms with E-state index in [4.69, 9.17) is 5.73 Å². The third kappa shape index (κ3) is 5.18. The monoisotopic (exact) mass is 325 g/mol. The van der Waals surface area contributed by atoms with Crippen LogP contribution in [0.4, 0.5) is 11.4 Å². The van der Waals surface area contributed by atoms with Crippen LogP contribution in [-0.2, 0) is 4.79 Å². The predicted molar refractivity (Wildman–Crippen MR) is 95.6 cm³/mol. The van der Waals surface area contributed by atoms with Crippen molar-refractivity contribution in [3.8, 4) is 0 Å². The van der Waals surface area contributed by atoms with Gasteiger partial charge >= 0.3 is 0 Å². The summed E-state index contributed by atoms with van der Waals surface area (Å²) in [6, 6.07) is 8.00. The molecule has 4 N–H and O–H groups in total. The maximum Gasteiger partial charge on any atom is 0.241 e. The minimum atomic E-state index is -0.457. The van der Waals surface area contributed by atoms with Crippen LogP contribution in [0.25, 0.3) is 0 Å². The van der Waals surface area contributed by atoms with E-state index in [0.717, 1.165) is 17.8 Å². The van der Waals surface area contributed by atoms with Crippen molar-refractivity contribution in [1.29, 1.82) is 0 Å². The fourth-order valence-electron chi connectivity index (χ4n) is 2.73. The number of nitrogens with two attached hydrogens (primary N) is 1. The summed E-state index contributed by atoms with van der Waals surface area (Å²) in [6.45, 7) is 4.05. The van der Waals surface area contributed by atoms with Crippen molar-refractivity contribution < 1.29 is 4.79 Å². The Morgan fingerprint density at radius 2 is 1.95 bits per heavy atom. The molecule has 0 aliphatic heterocycles. The lowest BCUT2D eigenvalue weighted by Gasteiger charge is -2.18. The Morgan fingerprint density at radius 1 is 1.32 bits per heavy atom. The molecule has 0 bridgehead atoms. The maximum absolute atomic E-state index is 12.1. The van der Waals surface area contributed by atoms with E-state index < -0.39 is 6.04 Å². The van der Waals surface area contributed by atoms with Crippen LogP contribution in [0.3, 0.4) is 0 Å². The first-order valence-corrected chi connectivity index (χ1v) is 8.03. The van der Waals surface area contributed by atoms with Gasteiger partial charge in [-0.1, -0.05) is 39.2 Å². The van der Waals surface area contributed by atoms with Crippen LogP contribution in [0.5, 0.6) is 0 Å². The molecule has 22 heavy (non-hydrogen) atoms. The molecule has 1 fully saturated rings. The average Bonchev–Trinajstić information content (AvgIpc) is 2.98. The van der Waals surface area contributed by atoms with Crippen molar-refractivity contribution in [2.45, 2.75) is 58.0 Å². The van der Waals surface area contributed by atoms with E-state index >= 15 is 0 Å². The molecular formula is C17H28ClN3O. The van der Waals surface area contributed by atoms with Crippen molar-refractivity contribution in [3.63, 3.8) is 0 Å². The average molecular weight is 326 g/mol. The van der Waals surface area contributed by atoms with E-state index in [1.807, 2.05) is 38.1 Å². The smallest absolute Gasteiger partial charge is 0.241 e. The Labute approximate surface area is 139 Å². The van der Waals surface area contributed by atoms with Gasteiger partial charge in [0.2, 0.25) is 5.91 Å². The molecule has 2 atom stereocenters. The van der Waals surface area contributed by atoms with Gasteiger partial charge in [0.1, 0.15) is 0 Å². The van der Waals surface area contributed by atoms with E-state index in [2.05, 4.69) is 10.6 Å². The van der Waals surface area contributed by atoms with Crippen LogP contribution in [0, 0.1) is 5.92 Å². The number of halogens is 1. The van der Waals surface area contributed by atoms with E-state index in [-0.39, 0.29) is 24.2 Å². The second kappa shape index (κ2) is 9.01. The molecule has 1 aliphatic rings. The highest BCUT2D eigenvalue weighted by molar-refractivity contribution is 5.95. The van der Waals surface area contributed by atoms with Crippen molar-refractivity contribution in [3.05, 3.63) is 24.3 Å². The van der Waals surface area contributed by atoms with Gasteiger partial charge < -0.3 is 16.4 Å². The van der Waals surface area contributed by atoms with Gasteiger partial charge in [-0.15, -0.1) is 12.4 Å². The van der Waals surface area contributed by atoms with Gasteiger partial charge in [0.05, 0.1) is 6.04 Å². The molecule has 1 amide bonds. The molecule has 0 radical (unpaired) electrons. The minimum absolute atomic E-state index is 0. The van der Waals surface area contributed by atoms with E-state index in [1.165, 1.54) is 25.7 Å². The zero-order chi connectivity index (χ0) is 15.2. The summed E-state index contributed by atoms with van der Waals surface area (Å²) < 4.78 is 0. The molecule has 1 aromatic rings. The first-order chi connectivity index (χ1) is 10.1. The van der Waals surface area contributed by atoms with E-state index in [1.54, 1.807) is 0 Å². The quantitative estimate of drug-likeness (QED) is 0.745. The summed E-state index contributed by atoms with van der Waals surface area (Å²) in [4.78, 5) is 12.1. The van der Waals surface area contributed by atoms with Gasteiger partial charge in [-0.2, -0.15) is 0 Å². The van der Waals surface area contributed by atoms with Crippen molar-refractivity contribution in [2.24, 2.45) is 11.7 Å². The zero-order valence-corrected chi connectivity index (χ0v) is 14.3. The number of hydrogen-bond acceptors (Lipinski definition) is 3. The van der Waals surface area contributed by atoms with E-state index in [9.17, 15) is 4.79 Å². The van der Waals surface area contributed by atoms with Gasteiger partial charge in [-0.3, -0.25) is 4.79 Å². The largest absolute Gasteiger partial charge is 0.382 e. The number of carbonyl (C=O) groups excluding carboxylic acids is 1. The SMILES string of the molecule is CCC(C)C(N)C(=O)Nc1cccc(NC2CCCC2)c1.Cl. The molecule has 0 heterocycles. The lowest BCUT2D eigenvalue weighted by Crippen LogP contribution is -2.40. The second-order valence-electron chi connectivity index (χ2n) is 6.11. The second-order valence-corrected chi connectivity index (χ2v) is 6.11. The van der Waals surface area contributed by atoms with Crippen LogP contribution in [-0.4, -0.2) is 18.0 Å². The Kier molecular flexibility index (Phi) is 7.69. The highest BCUT2D eigenvalue weighted by Gasteiger charge is 2.19. The summed E-state index contributed by atoms with van der Waals surface area (Å²) >= 11 is 0. The van der Waals surface area contributed by atoms with Gasteiger partial charge in [-0.05, 0) is 37.0 Å². The number of amides is 1.